The molecule has 0 heterocycles. The normalized spacial score (nSPS) is 11.4. The predicted octanol–water partition coefficient (Wildman–Crippen LogP) is 8.84. The third kappa shape index (κ3) is 25.2. The minimum atomic E-state index is -0.656. The monoisotopic (exact) mass is 380 g/mol. The highest BCUT2D eigenvalue weighted by Gasteiger charge is 1.96. The predicted molar refractivity (Wildman–Crippen MR) is 119 cm³/mol. The fourth-order valence-electron chi connectivity index (χ4n) is 3.58. The lowest BCUT2D eigenvalue weighted by Crippen LogP contribution is -1.93. The van der Waals surface area contributed by atoms with Gasteiger partial charge in [0.25, 0.3) is 0 Å². The molecule has 0 saturated carbocycles. The minimum absolute atomic E-state index is 0.339. The molecule has 0 fully saturated rings. The molecule has 27 heavy (non-hydrogen) atoms. The van der Waals surface area contributed by atoms with Crippen LogP contribution in [0.4, 0.5) is 0 Å². The summed E-state index contributed by atoms with van der Waals surface area (Å²) in [7, 11) is 0. The van der Waals surface area contributed by atoms with Gasteiger partial charge in [0.05, 0.1) is 0 Å². The van der Waals surface area contributed by atoms with Crippen molar-refractivity contribution in [1.29, 1.82) is 0 Å². The van der Waals surface area contributed by atoms with Crippen molar-refractivity contribution >= 4 is 5.97 Å². The van der Waals surface area contributed by atoms with Crippen LogP contribution in [0.5, 0.6) is 0 Å². The SMILES string of the molecule is CCCCCCCCCCCCC=CCCCCCCCCCCC(=O)O. The van der Waals surface area contributed by atoms with Crippen LogP contribution in [0.25, 0.3) is 0 Å². The number of carbonyl (C=O) groups is 1. The highest BCUT2D eigenvalue weighted by atomic mass is 16.4. The highest BCUT2D eigenvalue weighted by molar-refractivity contribution is 5.66. The van der Waals surface area contributed by atoms with E-state index in [4.69, 9.17) is 5.11 Å². The Kier molecular flexibility index (Phi) is 22.6. The van der Waals surface area contributed by atoms with E-state index < -0.39 is 5.97 Å². The highest BCUT2D eigenvalue weighted by Crippen LogP contribution is 2.13. The van der Waals surface area contributed by atoms with Gasteiger partial charge in [-0.15, -0.1) is 0 Å². The van der Waals surface area contributed by atoms with Crippen LogP contribution < -0.4 is 0 Å². The Morgan fingerprint density at radius 2 is 0.889 bits per heavy atom. The van der Waals surface area contributed by atoms with Crippen molar-refractivity contribution in [3.05, 3.63) is 12.2 Å². The molecule has 0 aliphatic heterocycles. The second kappa shape index (κ2) is 23.2. The molecule has 0 unspecified atom stereocenters. The summed E-state index contributed by atoms with van der Waals surface area (Å²) in [4.78, 5) is 10.4. The molecule has 160 valence electrons. The van der Waals surface area contributed by atoms with Crippen molar-refractivity contribution in [2.45, 2.75) is 142 Å². The van der Waals surface area contributed by atoms with Gasteiger partial charge in [-0.3, -0.25) is 4.79 Å². The second-order valence-corrected chi connectivity index (χ2v) is 8.20. The molecule has 2 nitrogen and oxygen atoms in total. The molecule has 1 N–H and O–H groups in total. The van der Waals surface area contributed by atoms with E-state index in [2.05, 4.69) is 19.1 Å². The van der Waals surface area contributed by atoms with Gasteiger partial charge in [0, 0.05) is 6.42 Å². The van der Waals surface area contributed by atoms with Crippen LogP contribution in [-0.2, 0) is 4.79 Å². The van der Waals surface area contributed by atoms with E-state index in [1.807, 2.05) is 0 Å². The van der Waals surface area contributed by atoms with E-state index in [0.29, 0.717) is 6.42 Å². The van der Waals surface area contributed by atoms with Crippen LogP contribution in [0.2, 0.25) is 0 Å². The second-order valence-electron chi connectivity index (χ2n) is 8.20. The lowest BCUT2D eigenvalue weighted by atomic mass is 10.1. The number of unbranched alkanes of at least 4 members (excludes halogenated alkanes) is 18. The summed E-state index contributed by atoms with van der Waals surface area (Å²) in [6.07, 6.45) is 31.6. The maximum Gasteiger partial charge on any atom is 0.303 e. The molecule has 0 aromatic carbocycles. The minimum Gasteiger partial charge on any atom is -0.481 e. The van der Waals surface area contributed by atoms with Gasteiger partial charge < -0.3 is 5.11 Å². The lowest BCUT2D eigenvalue weighted by Gasteiger charge is -2.01. The van der Waals surface area contributed by atoms with E-state index in [1.165, 1.54) is 116 Å². The number of rotatable bonds is 22. The Bertz CT molecular complexity index is 322. The maximum absolute atomic E-state index is 10.4. The summed E-state index contributed by atoms with van der Waals surface area (Å²) in [6.45, 7) is 2.28. The van der Waals surface area contributed by atoms with Crippen molar-refractivity contribution in [2.75, 3.05) is 0 Å². The van der Waals surface area contributed by atoms with E-state index >= 15 is 0 Å². The molecular formula is C25H48O2. The van der Waals surface area contributed by atoms with Gasteiger partial charge in [-0.1, -0.05) is 115 Å². The average Bonchev–Trinajstić information content (AvgIpc) is 2.65. The number of carboxylic acid groups (broad SMARTS) is 1. The van der Waals surface area contributed by atoms with Crippen molar-refractivity contribution in [2.24, 2.45) is 0 Å². The van der Waals surface area contributed by atoms with E-state index in [0.717, 1.165) is 12.8 Å². The molecule has 0 spiro atoms. The number of hydrogen-bond donors (Lipinski definition) is 1. The first-order valence-corrected chi connectivity index (χ1v) is 12.1. The summed E-state index contributed by atoms with van der Waals surface area (Å²) in [5.74, 6) is -0.656. The number of aliphatic carboxylic acids is 1. The van der Waals surface area contributed by atoms with Crippen LogP contribution in [0.3, 0.4) is 0 Å². The van der Waals surface area contributed by atoms with Gasteiger partial charge in [0.2, 0.25) is 0 Å². The van der Waals surface area contributed by atoms with Crippen molar-refractivity contribution < 1.29 is 9.90 Å². The van der Waals surface area contributed by atoms with E-state index in [9.17, 15) is 4.79 Å². The summed E-state index contributed by atoms with van der Waals surface area (Å²) < 4.78 is 0. The van der Waals surface area contributed by atoms with Gasteiger partial charge in [-0.05, 0) is 32.1 Å². The zero-order chi connectivity index (χ0) is 19.8. The largest absolute Gasteiger partial charge is 0.481 e. The maximum atomic E-state index is 10.4. The fourth-order valence-corrected chi connectivity index (χ4v) is 3.58. The lowest BCUT2D eigenvalue weighted by molar-refractivity contribution is -0.137. The molecule has 0 aliphatic carbocycles. The average molecular weight is 381 g/mol. The molecule has 0 aromatic heterocycles. The van der Waals surface area contributed by atoms with Gasteiger partial charge >= 0.3 is 5.97 Å². The quantitative estimate of drug-likeness (QED) is 0.150. The van der Waals surface area contributed by atoms with Gasteiger partial charge in [0.1, 0.15) is 0 Å². The number of carboxylic acids is 1. The van der Waals surface area contributed by atoms with Crippen molar-refractivity contribution in [1.82, 2.24) is 0 Å². The van der Waals surface area contributed by atoms with Crippen LogP contribution in [-0.4, -0.2) is 11.1 Å². The molecule has 0 aromatic rings. The molecule has 0 aliphatic rings. The number of hydrogen-bond acceptors (Lipinski definition) is 1. The Morgan fingerprint density at radius 3 is 1.26 bits per heavy atom. The third-order valence-corrected chi connectivity index (χ3v) is 5.40. The summed E-state index contributed by atoms with van der Waals surface area (Å²) >= 11 is 0. The van der Waals surface area contributed by atoms with Crippen LogP contribution in [0.15, 0.2) is 12.2 Å². The van der Waals surface area contributed by atoms with E-state index in [1.54, 1.807) is 0 Å². The number of allylic oxidation sites excluding steroid dienone is 2. The smallest absolute Gasteiger partial charge is 0.303 e. The molecule has 2 heteroatoms. The topological polar surface area (TPSA) is 37.3 Å². The van der Waals surface area contributed by atoms with Crippen LogP contribution in [0, 0.1) is 0 Å². The van der Waals surface area contributed by atoms with E-state index in [-0.39, 0.29) is 0 Å². The van der Waals surface area contributed by atoms with Gasteiger partial charge in [-0.2, -0.15) is 0 Å². The Morgan fingerprint density at radius 1 is 0.556 bits per heavy atom. The van der Waals surface area contributed by atoms with Crippen molar-refractivity contribution in [3.63, 3.8) is 0 Å². The summed E-state index contributed by atoms with van der Waals surface area (Å²) in [6, 6.07) is 0. The first-order chi connectivity index (χ1) is 13.3. The molecule has 0 rings (SSSR count). The Hall–Kier alpha value is -0.790. The summed E-state index contributed by atoms with van der Waals surface area (Å²) in [5, 5.41) is 8.57. The molecule has 0 radical (unpaired) electrons. The molecule has 0 saturated heterocycles. The summed E-state index contributed by atoms with van der Waals surface area (Å²) in [5.41, 5.74) is 0. The van der Waals surface area contributed by atoms with Gasteiger partial charge in [-0.25, -0.2) is 0 Å². The molecule has 0 amide bonds. The Labute approximate surface area is 170 Å². The first kappa shape index (κ1) is 26.2. The van der Waals surface area contributed by atoms with Crippen molar-refractivity contribution in [3.8, 4) is 0 Å². The third-order valence-electron chi connectivity index (χ3n) is 5.40. The van der Waals surface area contributed by atoms with Gasteiger partial charge in [0.15, 0.2) is 0 Å². The fraction of sp³-hybridized carbons (Fsp3) is 0.880. The van der Waals surface area contributed by atoms with Crippen LogP contribution in [0.1, 0.15) is 142 Å². The molecule has 0 bridgehead atoms. The van der Waals surface area contributed by atoms with Crippen LogP contribution >= 0.6 is 0 Å². The zero-order valence-electron chi connectivity index (χ0n) is 18.4. The zero-order valence-corrected chi connectivity index (χ0v) is 18.4. The molecular weight excluding hydrogens is 332 g/mol. The first-order valence-electron chi connectivity index (χ1n) is 12.1. The Balaban J connectivity index is 3.08. The molecule has 0 atom stereocenters. The standard InChI is InChI=1S/C25H48O2/c1-2-3-4-5-6-7-8-9-10-11-12-13-14-15-16-17-18-19-20-21-22-23-24-25(26)27/h13-14H,2-12,15-24H2,1H3,(H,26,27).